The number of nitrogens with one attached hydrogen (secondary N) is 2. The van der Waals surface area contributed by atoms with Gasteiger partial charge in [-0.15, -0.1) is 0 Å². The normalized spacial score (nSPS) is 16.1. The number of ether oxygens (including phenoxy) is 4. The molecule has 3 rings (SSSR count). The predicted molar refractivity (Wildman–Crippen MR) is 130 cm³/mol. The largest absolute Gasteiger partial charge is 0.465 e. The Labute approximate surface area is 225 Å². The molecule has 2 atom stereocenters. The summed E-state index contributed by atoms with van der Waals surface area (Å²) in [6.07, 6.45) is 0.420. The van der Waals surface area contributed by atoms with Crippen LogP contribution in [0.4, 0.5) is 0 Å². The summed E-state index contributed by atoms with van der Waals surface area (Å²) in [5.41, 5.74) is 0.200. The lowest BCUT2D eigenvalue weighted by molar-refractivity contribution is -0.138. The molecule has 0 saturated carbocycles. The van der Waals surface area contributed by atoms with Gasteiger partial charge in [0.25, 0.3) is 0 Å². The molecule has 0 spiro atoms. The maximum absolute atomic E-state index is 12.5. The molecule has 1 saturated heterocycles. The van der Waals surface area contributed by atoms with Gasteiger partial charge in [-0.25, -0.2) is 19.2 Å². The minimum absolute atomic E-state index is 0.000469. The van der Waals surface area contributed by atoms with Crippen molar-refractivity contribution in [3.05, 3.63) is 69.8 Å². The van der Waals surface area contributed by atoms with E-state index in [0.717, 1.165) is 13.2 Å². The standard InChI is InChI=1S/C26H22N2O12/c1-13-7-14(5-6-17(13)26(36)40-12-30)23(33)38-10-19-21(31)28-20(22(32)27-19)11-39-24(34)15-3-4-16(9-29)18(8-15)25(35)37-2/h3-9,12,19-20H,10-11H2,1-2H3,(H,27,32)(H,28,31). The zero-order valence-electron chi connectivity index (χ0n) is 21.1. The summed E-state index contributed by atoms with van der Waals surface area (Å²) in [7, 11) is 1.11. The van der Waals surface area contributed by atoms with Gasteiger partial charge in [-0.3, -0.25) is 19.2 Å². The van der Waals surface area contributed by atoms with Crippen molar-refractivity contribution in [2.24, 2.45) is 0 Å². The van der Waals surface area contributed by atoms with E-state index in [2.05, 4.69) is 20.1 Å². The minimum Gasteiger partial charge on any atom is -0.465 e. The molecule has 2 aromatic rings. The Morgan fingerprint density at radius 1 is 0.775 bits per heavy atom. The molecule has 0 aliphatic carbocycles. The fourth-order valence-corrected chi connectivity index (χ4v) is 3.59. The summed E-state index contributed by atoms with van der Waals surface area (Å²) in [5, 5.41) is 4.73. The van der Waals surface area contributed by atoms with E-state index in [1.165, 1.54) is 37.3 Å². The zero-order valence-corrected chi connectivity index (χ0v) is 21.1. The molecule has 1 aliphatic heterocycles. The second kappa shape index (κ2) is 12.9. The van der Waals surface area contributed by atoms with Crippen LogP contribution in [0.25, 0.3) is 0 Å². The van der Waals surface area contributed by atoms with Crippen LogP contribution in [-0.2, 0) is 33.3 Å². The first-order valence-electron chi connectivity index (χ1n) is 11.5. The van der Waals surface area contributed by atoms with Gasteiger partial charge in [0.15, 0.2) is 6.29 Å². The second-order valence-corrected chi connectivity index (χ2v) is 8.26. The number of hydrogen-bond acceptors (Lipinski definition) is 12. The average molecular weight is 554 g/mol. The SMILES string of the molecule is COC(=O)c1cc(C(=O)OCC2NC(=O)C(COC(=O)c3ccc(C(=O)OC=O)c(C)c3)NC2=O)ccc1C=O. The number of esters is 4. The number of carbonyl (C=O) groups excluding carboxylic acids is 8. The van der Waals surface area contributed by atoms with Crippen molar-refractivity contribution >= 4 is 48.4 Å². The van der Waals surface area contributed by atoms with E-state index in [-0.39, 0.29) is 34.3 Å². The number of carbonyl (C=O) groups is 8. The molecule has 40 heavy (non-hydrogen) atoms. The van der Waals surface area contributed by atoms with Crippen molar-refractivity contribution in [1.29, 1.82) is 0 Å². The van der Waals surface area contributed by atoms with E-state index < -0.39 is 61.0 Å². The van der Waals surface area contributed by atoms with Crippen molar-refractivity contribution in [1.82, 2.24) is 10.6 Å². The number of rotatable bonds is 10. The highest BCUT2D eigenvalue weighted by Gasteiger charge is 2.35. The molecular formula is C26H22N2O12. The number of aldehydes is 1. The molecule has 0 aromatic heterocycles. The monoisotopic (exact) mass is 554 g/mol. The first-order chi connectivity index (χ1) is 19.1. The van der Waals surface area contributed by atoms with Crippen LogP contribution >= 0.6 is 0 Å². The highest BCUT2D eigenvalue weighted by Crippen LogP contribution is 2.15. The van der Waals surface area contributed by atoms with Crippen molar-refractivity contribution in [3.63, 3.8) is 0 Å². The lowest BCUT2D eigenvalue weighted by Gasteiger charge is -2.29. The first-order valence-corrected chi connectivity index (χ1v) is 11.5. The minimum atomic E-state index is -1.25. The fraction of sp³-hybridized carbons (Fsp3) is 0.231. The molecule has 1 fully saturated rings. The molecule has 2 amide bonds. The van der Waals surface area contributed by atoms with Crippen molar-refractivity contribution in [2.75, 3.05) is 20.3 Å². The molecule has 208 valence electrons. The third kappa shape index (κ3) is 6.72. The molecular weight excluding hydrogens is 532 g/mol. The number of hydrogen-bond donors (Lipinski definition) is 2. The Bertz CT molecular complexity index is 1400. The molecule has 1 aliphatic rings. The van der Waals surface area contributed by atoms with Crippen LogP contribution in [0.2, 0.25) is 0 Å². The van der Waals surface area contributed by atoms with E-state index in [9.17, 15) is 38.4 Å². The summed E-state index contributed by atoms with van der Waals surface area (Å²) < 4.78 is 19.0. The molecule has 0 radical (unpaired) electrons. The zero-order chi connectivity index (χ0) is 29.4. The average Bonchev–Trinajstić information content (AvgIpc) is 2.95. The lowest BCUT2D eigenvalue weighted by Crippen LogP contribution is -2.64. The van der Waals surface area contributed by atoms with Crippen molar-refractivity contribution in [2.45, 2.75) is 19.0 Å². The van der Waals surface area contributed by atoms with Crippen LogP contribution in [-0.4, -0.2) is 80.9 Å². The van der Waals surface area contributed by atoms with E-state index in [0.29, 0.717) is 11.8 Å². The van der Waals surface area contributed by atoms with Crippen LogP contribution in [0, 0.1) is 6.92 Å². The van der Waals surface area contributed by atoms with E-state index in [1.54, 1.807) is 0 Å². The van der Waals surface area contributed by atoms with Gasteiger partial charge in [0, 0.05) is 5.56 Å². The van der Waals surface area contributed by atoms with Crippen LogP contribution in [0.15, 0.2) is 36.4 Å². The molecule has 1 heterocycles. The van der Waals surface area contributed by atoms with Gasteiger partial charge in [0.2, 0.25) is 11.8 Å². The molecule has 0 bridgehead atoms. The molecule has 2 unspecified atom stereocenters. The van der Waals surface area contributed by atoms with Gasteiger partial charge in [0.05, 0.1) is 29.4 Å². The Hall–Kier alpha value is -5.40. The Kier molecular flexibility index (Phi) is 9.41. The smallest absolute Gasteiger partial charge is 0.345 e. The van der Waals surface area contributed by atoms with E-state index >= 15 is 0 Å². The topological polar surface area (TPSA) is 198 Å². The number of aryl methyl sites for hydroxylation is 1. The molecule has 14 heteroatoms. The number of amides is 2. The van der Waals surface area contributed by atoms with E-state index in [4.69, 9.17) is 9.47 Å². The van der Waals surface area contributed by atoms with E-state index in [1.807, 2.05) is 0 Å². The van der Waals surface area contributed by atoms with Gasteiger partial charge >= 0.3 is 30.3 Å². The van der Waals surface area contributed by atoms with Gasteiger partial charge in [-0.2, -0.15) is 0 Å². The fourth-order valence-electron chi connectivity index (χ4n) is 3.59. The molecule has 14 nitrogen and oxygen atoms in total. The van der Waals surface area contributed by atoms with Crippen LogP contribution in [0.3, 0.4) is 0 Å². The Morgan fingerprint density at radius 2 is 1.32 bits per heavy atom. The maximum Gasteiger partial charge on any atom is 0.345 e. The summed E-state index contributed by atoms with van der Waals surface area (Å²) in [4.78, 5) is 94.7. The highest BCUT2D eigenvalue weighted by atomic mass is 16.6. The maximum atomic E-state index is 12.5. The first kappa shape index (κ1) is 29.2. The Balaban J connectivity index is 1.54. The highest BCUT2D eigenvalue weighted by molar-refractivity contribution is 6.02. The third-order valence-electron chi connectivity index (χ3n) is 5.69. The van der Waals surface area contributed by atoms with Crippen LogP contribution in [0.5, 0.6) is 0 Å². The van der Waals surface area contributed by atoms with Crippen molar-refractivity contribution < 1.29 is 57.3 Å². The summed E-state index contributed by atoms with van der Waals surface area (Å²) in [6, 6.07) is 4.96. The van der Waals surface area contributed by atoms with Crippen LogP contribution < -0.4 is 10.6 Å². The summed E-state index contributed by atoms with van der Waals surface area (Å²) in [5.74, 6) is -4.93. The van der Waals surface area contributed by atoms with Crippen molar-refractivity contribution in [3.8, 4) is 0 Å². The number of piperazine rings is 1. The van der Waals surface area contributed by atoms with Gasteiger partial charge in [-0.1, -0.05) is 0 Å². The molecule has 2 N–H and O–H groups in total. The third-order valence-corrected chi connectivity index (χ3v) is 5.69. The Morgan fingerprint density at radius 3 is 1.82 bits per heavy atom. The number of benzene rings is 2. The summed E-state index contributed by atoms with van der Waals surface area (Å²) >= 11 is 0. The second-order valence-electron chi connectivity index (χ2n) is 8.26. The molecule has 2 aromatic carbocycles. The van der Waals surface area contributed by atoms with Gasteiger partial charge < -0.3 is 29.6 Å². The van der Waals surface area contributed by atoms with Gasteiger partial charge in [-0.05, 0) is 48.9 Å². The number of methoxy groups -OCH3 is 1. The van der Waals surface area contributed by atoms with Crippen LogP contribution in [0.1, 0.15) is 57.4 Å². The summed E-state index contributed by atoms with van der Waals surface area (Å²) in [6.45, 7) is 0.428. The lowest BCUT2D eigenvalue weighted by atomic mass is 10.0. The quantitative estimate of drug-likeness (QED) is 0.171. The van der Waals surface area contributed by atoms with Gasteiger partial charge in [0.1, 0.15) is 25.3 Å². The predicted octanol–water partition coefficient (Wildman–Crippen LogP) is -0.0957.